The van der Waals surface area contributed by atoms with E-state index in [1.807, 2.05) is 49.4 Å². The molecule has 1 aliphatic heterocycles. The van der Waals surface area contributed by atoms with E-state index in [0.717, 1.165) is 21.5 Å². The van der Waals surface area contributed by atoms with E-state index in [1.54, 1.807) is 4.90 Å². The Balaban J connectivity index is 1.73. The second kappa shape index (κ2) is 5.61. The molecule has 2 N–H and O–H groups in total. The average molecular weight is 356 g/mol. The number of hydrogen-bond donors (Lipinski definition) is 2. The van der Waals surface area contributed by atoms with Crippen molar-refractivity contribution in [2.24, 2.45) is 0 Å². The Morgan fingerprint density at radius 1 is 1.25 bits per heavy atom. The van der Waals surface area contributed by atoms with Crippen LogP contribution in [0.5, 0.6) is 0 Å². The summed E-state index contributed by atoms with van der Waals surface area (Å²) in [4.78, 5) is 6.30. The number of nitrogens with one attached hydrogen (secondary N) is 1. The van der Waals surface area contributed by atoms with Crippen LogP contribution in [-0.2, 0) is 0 Å². The van der Waals surface area contributed by atoms with Crippen LogP contribution in [0.3, 0.4) is 0 Å². The Bertz CT molecular complexity index is 975. The fourth-order valence-electron chi connectivity index (χ4n) is 2.75. The molecular formula is C18H14ClN3OS. The van der Waals surface area contributed by atoms with Crippen molar-refractivity contribution in [3.05, 3.63) is 63.8 Å². The minimum atomic E-state index is 0.163. The highest BCUT2D eigenvalue weighted by Crippen LogP contribution is 2.35. The van der Waals surface area contributed by atoms with Crippen LogP contribution in [0.4, 0.5) is 5.69 Å². The maximum Gasteiger partial charge on any atom is 0.139 e. The Hall–Kier alpha value is -2.37. The zero-order valence-corrected chi connectivity index (χ0v) is 14.4. The van der Waals surface area contributed by atoms with Gasteiger partial charge in [-0.1, -0.05) is 29.8 Å². The molecule has 0 aliphatic carbocycles. The first-order valence-corrected chi connectivity index (χ1v) is 8.64. The third-order valence-corrected chi connectivity index (χ3v) is 5.54. The number of aromatic nitrogens is 1. The largest absolute Gasteiger partial charge is 0.510 e. The van der Waals surface area contributed by atoms with Crippen LogP contribution in [0.25, 0.3) is 15.8 Å². The predicted octanol–water partition coefficient (Wildman–Crippen LogP) is 5.02. The molecule has 4 nitrogen and oxygen atoms in total. The standard InChI is InChI=1S/C18H14ClN3OS/c1-10-6-7-11(8-12(10)19)22-9-14(23)16(17(22)20)18-21-13-4-2-3-5-15(13)24-18/h2-8,20,23H,9H2,1H3. The molecule has 0 atom stereocenters. The molecule has 0 unspecified atom stereocenters. The lowest BCUT2D eigenvalue weighted by Gasteiger charge is -2.19. The zero-order valence-electron chi connectivity index (χ0n) is 12.9. The van der Waals surface area contributed by atoms with Gasteiger partial charge in [-0.05, 0) is 36.8 Å². The highest BCUT2D eigenvalue weighted by atomic mass is 35.5. The van der Waals surface area contributed by atoms with Gasteiger partial charge in [-0.2, -0.15) is 0 Å². The van der Waals surface area contributed by atoms with Crippen molar-refractivity contribution >= 4 is 50.3 Å². The van der Waals surface area contributed by atoms with Crippen molar-refractivity contribution in [2.45, 2.75) is 6.92 Å². The first-order chi connectivity index (χ1) is 11.5. The summed E-state index contributed by atoms with van der Waals surface area (Å²) < 4.78 is 1.04. The van der Waals surface area contributed by atoms with Gasteiger partial charge in [0.25, 0.3) is 0 Å². The Labute approximate surface area is 148 Å². The van der Waals surface area contributed by atoms with Crippen molar-refractivity contribution in [1.29, 1.82) is 5.41 Å². The van der Waals surface area contributed by atoms with Gasteiger partial charge in [0.2, 0.25) is 0 Å². The van der Waals surface area contributed by atoms with E-state index in [0.29, 0.717) is 15.6 Å². The number of benzene rings is 2. The molecule has 3 aromatic rings. The van der Waals surface area contributed by atoms with Crippen molar-refractivity contribution in [2.75, 3.05) is 11.4 Å². The highest BCUT2D eigenvalue weighted by Gasteiger charge is 2.31. The van der Waals surface area contributed by atoms with Gasteiger partial charge >= 0.3 is 0 Å². The SMILES string of the molecule is Cc1ccc(N2CC(O)=C(c3nc4ccccc4s3)C2=N)cc1Cl. The molecule has 1 aromatic heterocycles. The second-order valence-electron chi connectivity index (χ2n) is 5.68. The number of halogens is 1. The quantitative estimate of drug-likeness (QED) is 0.678. The van der Waals surface area contributed by atoms with E-state index in [2.05, 4.69) is 4.98 Å². The number of aliphatic hydroxyl groups is 1. The number of aryl methyl sites for hydroxylation is 1. The van der Waals surface area contributed by atoms with E-state index >= 15 is 0 Å². The molecule has 0 amide bonds. The van der Waals surface area contributed by atoms with E-state index in [4.69, 9.17) is 17.0 Å². The molecule has 0 saturated heterocycles. The van der Waals surface area contributed by atoms with Gasteiger partial charge in [-0.3, -0.25) is 5.41 Å². The second-order valence-corrected chi connectivity index (χ2v) is 7.11. The van der Waals surface area contributed by atoms with Crippen LogP contribution >= 0.6 is 22.9 Å². The Kier molecular flexibility index (Phi) is 3.55. The first-order valence-electron chi connectivity index (χ1n) is 7.45. The molecule has 0 saturated carbocycles. The maximum atomic E-state index is 10.4. The lowest BCUT2D eigenvalue weighted by molar-refractivity contribution is 0.411. The molecule has 120 valence electrons. The number of nitrogens with zero attached hydrogens (tertiary/aromatic N) is 2. The summed E-state index contributed by atoms with van der Waals surface area (Å²) in [7, 11) is 0. The molecule has 2 heterocycles. The normalized spacial score (nSPS) is 14.9. The average Bonchev–Trinajstić information content (AvgIpc) is 3.10. The van der Waals surface area contributed by atoms with Crippen LogP contribution in [0.15, 0.2) is 48.2 Å². The van der Waals surface area contributed by atoms with Crippen LogP contribution < -0.4 is 4.90 Å². The van der Waals surface area contributed by atoms with Crippen LogP contribution in [0.1, 0.15) is 10.6 Å². The molecule has 0 radical (unpaired) electrons. The van der Waals surface area contributed by atoms with Gasteiger partial charge in [0.05, 0.1) is 22.3 Å². The molecule has 1 aliphatic rings. The van der Waals surface area contributed by atoms with Gasteiger partial charge in [0.1, 0.15) is 16.6 Å². The van der Waals surface area contributed by atoms with Crippen LogP contribution in [-0.4, -0.2) is 22.5 Å². The molecule has 0 spiro atoms. The topological polar surface area (TPSA) is 60.2 Å². The van der Waals surface area contributed by atoms with Crippen LogP contribution in [0, 0.1) is 12.3 Å². The van der Waals surface area contributed by atoms with E-state index in [9.17, 15) is 5.11 Å². The third kappa shape index (κ3) is 2.37. The molecule has 0 fully saturated rings. The van der Waals surface area contributed by atoms with Gasteiger partial charge in [-0.15, -0.1) is 11.3 Å². The van der Waals surface area contributed by atoms with Gasteiger partial charge in [0.15, 0.2) is 0 Å². The van der Waals surface area contributed by atoms with Gasteiger partial charge < -0.3 is 10.0 Å². The first kappa shape index (κ1) is 15.2. The summed E-state index contributed by atoms with van der Waals surface area (Å²) in [6.07, 6.45) is 0. The fourth-order valence-corrected chi connectivity index (χ4v) is 3.96. The number of fused-ring (bicyclic) bond motifs is 1. The third-order valence-electron chi connectivity index (χ3n) is 4.08. The maximum absolute atomic E-state index is 10.4. The number of aliphatic hydroxyl groups excluding tert-OH is 1. The van der Waals surface area contributed by atoms with Crippen molar-refractivity contribution < 1.29 is 5.11 Å². The van der Waals surface area contributed by atoms with E-state index in [1.165, 1.54) is 11.3 Å². The summed E-state index contributed by atoms with van der Waals surface area (Å²) in [5, 5.41) is 20.2. The fraction of sp³-hybridized carbons (Fsp3) is 0.111. The van der Waals surface area contributed by atoms with Gasteiger partial charge in [-0.25, -0.2) is 4.98 Å². The molecule has 2 aromatic carbocycles. The number of hydrogen-bond acceptors (Lipinski definition) is 4. The highest BCUT2D eigenvalue weighted by molar-refractivity contribution is 7.19. The Morgan fingerprint density at radius 3 is 2.79 bits per heavy atom. The molecule has 0 bridgehead atoms. The zero-order chi connectivity index (χ0) is 16.8. The molecular weight excluding hydrogens is 342 g/mol. The minimum Gasteiger partial charge on any atom is -0.510 e. The van der Waals surface area contributed by atoms with Crippen molar-refractivity contribution in [3.8, 4) is 0 Å². The minimum absolute atomic E-state index is 0.163. The smallest absolute Gasteiger partial charge is 0.139 e. The number of amidine groups is 1. The van der Waals surface area contributed by atoms with Crippen molar-refractivity contribution in [3.63, 3.8) is 0 Å². The molecule has 4 rings (SSSR count). The van der Waals surface area contributed by atoms with E-state index in [-0.39, 0.29) is 18.1 Å². The summed E-state index contributed by atoms with van der Waals surface area (Å²) >= 11 is 7.68. The summed E-state index contributed by atoms with van der Waals surface area (Å²) in [5.41, 5.74) is 3.14. The lowest BCUT2D eigenvalue weighted by atomic mass is 10.2. The summed E-state index contributed by atoms with van der Waals surface area (Å²) in [5.74, 6) is 0.405. The summed E-state index contributed by atoms with van der Waals surface area (Å²) in [6.45, 7) is 2.19. The number of anilines is 1. The molecule has 24 heavy (non-hydrogen) atoms. The lowest BCUT2D eigenvalue weighted by Crippen LogP contribution is -2.26. The van der Waals surface area contributed by atoms with Gasteiger partial charge in [0, 0.05) is 10.7 Å². The summed E-state index contributed by atoms with van der Waals surface area (Å²) in [6, 6.07) is 13.5. The molecule has 6 heteroatoms. The van der Waals surface area contributed by atoms with Crippen molar-refractivity contribution in [1.82, 2.24) is 4.98 Å². The number of rotatable bonds is 2. The number of thiazole rings is 1. The Morgan fingerprint density at radius 2 is 2.04 bits per heavy atom. The monoisotopic (exact) mass is 355 g/mol. The van der Waals surface area contributed by atoms with Crippen LogP contribution in [0.2, 0.25) is 5.02 Å². The predicted molar refractivity (Wildman–Crippen MR) is 100 cm³/mol. The number of para-hydroxylation sites is 1. The van der Waals surface area contributed by atoms with E-state index < -0.39 is 0 Å².